The third-order valence-electron chi connectivity index (χ3n) is 4.65. The number of ether oxygens (including phenoxy) is 1. The minimum absolute atomic E-state index is 0.0439. The monoisotopic (exact) mass is 359 g/mol. The molecule has 7 nitrogen and oxygen atoms in total. The first-order chi connectivity index (χ1) is 12.5. The Bertz CT molecular complexity index is 862. The number of hydrogen-bond acceptors (Lipinski definition) is 6. The molecule has 0 radical (unpaired) electrons. The number of nitrogens with one attached hydrogen (secondary N) is 1. The SMILES string of the molecule is C[C@H]1C[C@H]1C(=O)Nc1ccc(F)cc1C(=O)OCc1noc(C2CC2)n1. The minimum atomic E-state index is -0.763. The van der Waals surface area contributed by atoms with Crippen LogP contribution in [0.15, 0.2) is 22.7 Å². The van der Waals surface area contributed by atoms with Gasteiger partial charge in [-0.05, 0) is 43.4 Å². The van der Waals surface area contributed by atoms with Gasteiger partial charge in [0.2, 0.25) is 17.6 Å². The van der Waals surface area contributed by atoms with E-state index in [2.05, 4.69) is 15.5 Å². The van der Waals surface area contributed by atoms with Gasteiger partial charge in [-0.15, -0.1) is 0 Å². The third kappa shape index (κ3) is 3.58. The van der Waals surface area contributed by atoms with E-state index in [9.17, 15) is 14.0 Å². The summed E-state index contributed by atoms with van der Waals surface area (Å²) in [6, 6.07) is 3.58. The Balaban J connectivity index is 1.43. The van der Waals surface area contributed by atoms with Crippen LogP contribution >= 0.6 is 0 Å². The minimum Gasteiger partial charge on any atom is -0.454 e. The van der Waals surface area contributed by atoms with Crippen LogP contribution in [0.4, 0.5) is 10.1 Å². The Hall–Kier alpha value is -2.77. The molecule has 4 rings (SSSR count). The molecule has 1 aromatic carbocycles. The second kappa shape index (κ2) is 6.51. The normalized spacial score (nSPS) is 21.3. The number of amides is 1. The van der Waals surface area contributed by atoms with Gasteiger partial charge >= 0.3 is 5.97 Å². The number of aromatic nitrogens is 2. The second-order valence-corrected chi connectivity index (χ2v) is 6.90. The predicted molar refractivity (Wildman–Crippen MR) is 87.7 cm³/mol. The summed E-state index contributed by atoms with van der Waals surface area (Å²) in [4.78, 5) is 28.6. The first-order valence-corrected chi connectivity index (χ1v) is 8.61. The number of rotatable bonds is 6. The fourth-order valence-corrected chi connectivity index (χ4v) is 2.74. The van der Waals surface area contributed by atoms with Gasteiger partial charge in [0.25, 0.3) is 0 Å². The van der Waals surface area contributed by atoms with Crippen LogP contribution in [-0.2, 0) is 16.1 Å². The van der Waals surface area contributed by atoms with Crippen LogP contribution in [0.2, 0.25) is 0 Å². The molecule has 1 N–H and O–H groups in total. The molecule has 0 unspecified atom stereocenters. The Kier molecular flexibility index (Phi) is 4.18. The van der Waals surface area contributed by atoms with E-state index in [1.807, 2.05) is 6.92 Å². The van der Waals surface area contributed by atoms with Gasteiger partial charge in [-0.3, -0.25) is 4.79 Å². The van der Waals surface area contributed by atoms with E-state index in [1.54, 1.807) is 0 Å². The van der Waals surface area contributed by atoms with Crippen LogP contribution in [0, 0.1) is 17.7 Å². The van der Waals surface area contributed by atoms with Gasteiger partial charge in [-0.1, -0.05) is 12.1 Å². The number of carbonyl (C=O) groups excluding carboxylic acids is 2. The highest BCUT2D eigenvalue weighted by Crippen LogP contribution is 2.39. The number of benzene rings is 1. The molecule has 8 heteroatoms. The lowest BCUT2D eigenvalue weighted by molar-refractivity contribution is -0.117. The number of carbonyl (C=O) groups is 2. The molecule has 2 aromatic rings. The zero-order valence-electron chi connectivity index (χ0n) is 14.2. The maximum Gasteiger partial charge on any atom is 0.340 e. The zero-order chi connectivity index (χ0) is 18.3. The number of anilines is 1. The van der Waals surface area contributed by atoms with Crippen molar-refractivity contribution >= 4 is 17.6 Å². The van der Waals surface area contributed by atoms with Crippen LogP contribution in [0.3, 0.4) is 0 Å². The summed E-state index contributed by atoms with van der Waals surface area (Å²) in [5.41, 5.74) is 0.185. The number of halogens is 1. The third-order valence-corrected chi connectivity index (χ3v) is 4.65. The lowest BCUT2D eigenvalue weighted by Crippen LogP contribution is -2.18. The average Bonchev–Trinajstić information content (AvgIpc) is 3.54. The van der Waals surface area contributed by atoms with Crippen LogP contribution in [0.5, 0.6) is 0 Å². The lowest BCUT2D eigenvalue weighted by Gasteiger charge is -2.10. The average molecular weight is 359 g/mol. The van der Waals surface area contributed by atoms with Gasteiger partial charge in [-0.25, -0.2) is 9.18 Å². The van der Waals surface area contributed by atoms with E-state index in [4.69, 9.17) is 9.26 Å². The highest BCUT2D eigenvalue weighted by Gasteiger charge is 2.39. The van der Waals surface area contributed by atoms with Crippen molar-refractivity contribution in [3.63, 3.8) is 0 Å². The number of hydrogen-bond donors (Lipinski definition) is 1. The maximum absolute atomic E-state index is 13.6. The van der Waals surface area contributed by atoms with Crippen molar-refractivity contribution in [3.8, 4) is 0 Å². The van der Waals surface area contributed by atoms with Crippen molar-refractivity contribution in [2.45, 2.75) is 38.7 Å². The van der Waals surface area contributed by atoms with Gasteiger partial charge < -0.3 is 14.6 Å². The quantitative estimate of drug-likeness (QED) is 0.797. The largest absolute Gasteiger partial charge is 0.454 e. The smallest absolute Gasteiger partial charge is 0.340 e. The zero-order valence-corrected chi connectivity index (χ0v) is 14.2. The van der Waals surface area contributed by atoms with E-state index in [1.165, 1.54) is 12.1 Å². The maximum atomic E-state index is 13.6. The lowest BCUT2D eigenvalue weighted by atomic mass is 10.1. The van der Waals surface area contributed by atoms with Crippen LogP contribution in [0.1, 0.15) is 54.2 Å². The van der Waals surface area contributed by atoms with Gasteiger partial charge in [-0.2, -0.15) is 4.98 Å². The molecular weight excluding hydrogens is 341 g/mol. The molecule has 136 valence electrons. The summed E-state index contributed by atoms with van der Waals surface area (Å²) >= 11 is 0. The summed E-state index contributed by atoms with van der Waals surface area (Å²) in [6.45, 7) is 1.80. The van der Waals surface area contributed by atoms with Crippen molar-refractivity contribution in [3.05, 3.63) is 41.3 Å². The molecule has 0 spiro atoms. The van der Waals surface area contributed by atoms with Gasteiger partial charge in [0.1, 0.15) is 5.82 Å². The van der Waals surface area contributed by atoms with Crippen molar-refractivity contribution in [1.82, 2.24) is 10.1 Å². The molecule has 2 saturated carbocycles. The molecule has 1 heterocycles. The molecule has 1 aromatic heterocycles. The predicted octanol–water partition coefficient (Wildman–Crippen LogP) is 3.04. The molecular formula is C18H18FN3O4. The summed E-state index contributed by atoms with van der Waals surface area (Å²) in [7, 11) is 0. The second-order valence-electron chi connectivity index (χ2n) is 6.90. The van der Waals surface area contributed by atoms with Gasteiger partial charge in [0.05, 0.1) is 11.3 Å². The van der Waals surface area contributed by atoms with Crippen LogP contribution in [0.25, 0.3) is 0 Å². The standard InChI is InChI=1S/C18H18FN3O4/c1-9-6-12(9)16(23)20-14-5-4-11(19)7-13(14)18(24)25-8-15-21-17(26-22-15)10-2-3-10/h4-5,7,9-10,12H,2-3,6,8H2,1H3,(H,20,23)/t9-,12+/m0/s1. The topological polar surface area (TPSA) is 94.3 Å². The molecule has 2 fully saturated rings. The summed E-state index contributed by atoms with van der Waals surface area (Å²) in [5, 5.41) is 6.44. The van der Waals surface area contributed by atoms with Crippen molar-refractivity contribution in [1.29, 1.82) is 0 Å². The molecule has 2 aliphatic rings. The molecule has 2 atom stereocenters. The molecule has 2 aliphatic carbocycles. The van der Waals surface area contributed by atoms with Crippen molar-refractivity contribution in [2.75, 3.05) is 5.32 Å². The van der Waals surface area contributed by atoms with E-state index in [0.717, 1.165) is 25.3 Å². The van der Waals surface area contributed by atoms with E-state index >= 15 is 0 Å². The summed E-state index contributed by atoms with van der Waals surface area (Å²) in [5.74, 6) is -0.157. The number of nitrogens with zero attached hydrogens (tertiary/aromatic N) is 2. The first-order valence-electron chi connectivity index (χ1n) is 8.61. The fraction of sp³-hybridized carbons (Fsp3) is 0.444. The molecule has 26 heavy (non-hydrogen) atoms. The Morgan fingerprint density at radius 1 is 1.38 bits per heavy atom. The molecule has 0 aliphatic heterocycles. The van der Waals surface area contributed by atoms with Crippen LogP contribution < -0.4 is 5.32 Å². The van der Waals surface area contributed by atoms with E-state index in [-0.39, 0.29) is 35.5 Å². The first kappa shape index (κ1) is 16.7. The van der Waals surface area contributed by atoms with E-state index < -0.39 is 11.8 Å². The summed E-state index contributed by atoms with van der Waals surface area (Å²) < 4.78 is 23.8. The highest BCUT2D eigenvalue weighted by molar-refractivity contribution is 6.02. The van der Waals surface area contributed by atoms with Crippen LogP contribution in [-0.4, -0.2) is 22.0 Å². The van der Waals surface area contributed by atoms with Crippen molar-refractivity contribution in [2.24, 2.45) is 11.8 Å². The van der Waals surface area contributed by atoms with Crippen molar-refractivity contribution < 1.29 is 23.2 Å². The Morgan fingerprint density at radius 2 is 2.15 bits per heavy atom. The van der Waals surface area contributed by atoms with Gasteiger partial charge in [0, 0.05) is 11.8 Å². The molecule has 0 saturated heterocycles. The summed E-state index contributed by atoms with van der Waals surface area (Å²) in [6.07, 6.45) is 2.86. The molecule has 1 amide bonds. The molecule has 0 bridgehead atoms. The fourth-order valence-electron chi connectivity index (χ4n) is 2.74. The van der Waals surface area contributed by atoms with Gasteiger partial charge in [0.15, 0.2) is 6.61 Å². The number of esters is 1. The Labute approximate surface area is 148 Å². The Morgan fingerprint density at radius 3 is 2.85 bits per heavy atom. The van der Waals surface area contributed by atoms with E-state index in [0.29, 0.717) is 17.7 Å². The highest BCUT2D eigenvalue weighted by atomic mass is 19.1.